The van der Waals surface area contributed by atoms with E-state index in [0.29, 0.717) is 12.2 Å². The monoisotopic (exact) mass is 300 g/mol. The van der Waals surface area contributed by atoms with Crippen LogP contribution >= 0.6 is 0 Å². The maximum absolute atomic E-state index is 11.9. The molecule has 5 N–H and O–H groups in total. The summed E-state index contributed by atoms with van der Waals surface area (Å²) in [5.74, 6) is 5.03. The summed E-state index contributed by atoms with van der Waals surface area (Å²) in [5, 5.41) is 2.68. The molecule has 0 aromatic heterocycles. The van der Waals surface area contributed by atoms with Crippen molar-refractivity contribution in [2.45, 2.75) is 24.7 Å². The molecular weight excluding hydrogens is 280 g/mol. The highest BCUT2D eigenvalue weighted by atomic mass is 32.2. The molecule has 0 heterocycles. The van der Waals surface area contributed by atoms with Crippen molar-refractivity contribution >= 4 is 21.6 Å². The van der Waals surface area contributed by atoms with Gasteiger partial charge >= 0.3 is 0 Å². The van der Waals surface area contributed by atoms with E-state index in [9.17, 15) is 13.2 Å². The first-order chi connectivity index (χ1) is 9.49. The highest BCUT2D eigenvalue weighted by Crippen LogP contribution is 2.12. The first-order valence-electron chi connectivity index (χ1n) is 6.32. The smallest absolute Gasteiger partial charge is 0.240 e. The summed E-state index contributed by atoms with van der Waals surface area (Å²) < 4.78 is 26.2. The van der Waals surface area contributed by atoms with Gasteiger partial charge in [-0.05, 0) is 30.7 Å². The molecule has 0 unspecified atom stereocenters. The van der Waals surface area contributed by atoms with Gasteiger partial charge in [0.05, 0.1) is 4.90 Å². The number of amides is 1. The molecule has 0 spiro atoms. The summed E-state index contributed by atoms with van der Waals surface area (Å²) in [4.78, 5) is 11.5. The van der Waals surface area contributed by atoms with Crippen molar-refractivity contribution in [1.29, 1.82) is 0 Å². The van der Waals surface area contributed by atoms with Crippen molar-refractivity contribution < 1.29 is 13.2 Å². The Morgan fingerprint density at radius 2 is 1.85 bits per heavy atom. The van der Waals surface area contributed by atoms with Crippen LogP contribution in [0, 0.1) is 0 Å². The van der Waals surface area contributed by atoms with Gasteiger partial charge < -0.3 is 10.7 Å². The van der Waals surface area contributed by atoms with E-state index in [1.54, 1.807) is 12.1 Å². The lowest BCUT2D eigenvalue weighted by Crippen LogP contribution is -2.31. The van der Waals surface area contributed by atoms with Crippen LogP contribution in [0.3, 0.4) is 0 Å². The van der Waals surface area contributed by atoms with Crippen molar-refractivity contribution in [1.82, 2.24) is 10.0 Å². The van der Waals surface area contributed by atoms with E-state index >= 15 is 0 Å². The van der Waals surface area contributed by atoms with Crippen LogP contribution in [0.1, 0.15) is 19.8 Å². The van der Waals surface area contributed by atoms with E-state index in [4.69, 9.17) is 5.84 Å². The molecular formula is C12H20N4O3S. The molecule has 1 aromatic carbocycles. The van der Waals surface area contributed by atoms with E-state index in [1.807, 2.05) is 6.92 Å². The molecule has 112 valence electrons. The van der Waals surface area contributed by atoms with Gasteiger partial charge in [0.15, 0.2) is 0 Å². The predicted molar refractivity (Wildman–Crippen MR) is 77.4 cm³/mol. The largest absolute Gasteiger partial charge is 0.356 e. The fourth-order valence-corrected chi connectivity index (χ4v) is 2.50. The Balaban J connectivity index is 2.50. The van der Waals surface area contributed by atoms with E-state index in [2.05, 4.69) is 15.5 Å². The minimum absolute atomic E-state index is 0.0643. The number of rotatable bonds is 8. The normalized spacial score (nSPS) is 11.1. The first kappa shape index (κ1) is 16.4. The van der Waals surface area contributed by atoms with Gasteiger partial charge in [-0.15, -0.1) is 0 Å². The van der Waals surface area contributed by atoms with E-state index in [0.717, 1.165) is 6.42 Å². The van der Waals surface area contributed by atoms with Crippen molar-refractivity contribution in [2.24, 2.45) is 5.84 Å². The quantitative estimate of drug-likeness (QED) is 0.404. The molecule has 0 atom stereocenters. The third-order valence-corrected chi connectivity index (χ3v) is 4.02. The van der Waals surface area contributed by atoms with Gasteiger partial charge in [0, 0.05) is 25.2 Å². The molecule has 1 rings (SSSR count). The van der Waals surface area contributed by atoms with Crippen LogP contribution in [0.15, 0.2) is 29.2 Å². The van der Waals surface area contributed by atoms with Crippen LogP contribution in [-0.2, 0) is 14.8 Å². The Morgan fingerprint density at radius 3 is 2.40 bits per heavy atom. The number of carbonyl (C=O) groups excluding carboxylic acids is 1. The van der Waals surface area contributed by atoms with E-state index in [-0.39, 0.29) is 23.8 Å². The van der Waals surface area contributed by atoms with Crippen LogP contribution in [0.5, 0.6) is 0 Å². The molecule has 0 aliphatic carbocycles. The maximum Gasteiger partial charge on any atom is 0.240 e. The van der Waals surface area contributed by atoms with Gasteiger partial charge in [-0.1, -0.05) is 6.92 Å². The standard InChI is InChI=1S/C12H20N4O3S/c1-2-8-14-12(17)7-9-15-20(18,19)11-5-3-10(16-13)4-6-11/h3-6,15-16H,2,7-9,13H2,1H3,(H,14,17). The Labute approximate surface area is 119 Å². The molecule has 0 aliphatic rings. The molecule has 8 heteroatoms. The zero-order valence-corrected chi connectivity index (χ0v) is 12.2. The van der Waals surface area contributed by atoms with Crippen molar-refractivity contribution in [3.63, 3.8) is 0 Å². The van der Waals surface area contributed by atoms with Gasteiger partial charge in [0.25, 0.3) is 0 Å². The maximum atomic E-state index is 11.9. The SMILES string of the molecule is CCCNC(=O)CCNS(=O)(=O)c1ccc(NN)cc1. The highest BCUT2D eigenvalue weighted by Gasteiger charge is 2.13. The number of hydrogen-bond acceptors (Lipinski definition) is 5. The van der Waals surface area contributed by atoms with Gasteiger partial charge in [-0.25, -0.2) is 13.1 Å². The van der Waals surface area contributed by atoms with Crippen LogP contribution in [0.4, 0.5) is 5.69 Å². The summed E-state index contributed by atoms with van der Waals surface area (Å²) >= 11 is 0. The average molecular weight is 300 g/mol. The summed E-state index contributed by atoms with van der Waals surface area (Å²) in [6.07, 6.45) is 0.959. The second-order valence-corrected chi connectivity index (χ2v) is 5.93. The van der Waals surface area contributed by atoms with E-state index in [1.165, 1.54) is 12.1 Å². The molecule has 0 fully saturated rings. The summed E-state index contributed by atoms with van der Waals surface area (Å²) in [6, 6.07) is 5.99. The zero-order valence-electron chi connectivity index (χ0n) is 11.3. The number of nitrogen functional groups attached to an aromatic ring is 1. The van der Waals surface area contributed by atoms with Gasteiger partial charge in [0.1, 0.15) is 0 Å². The molecule has 0 radical (unpaired) electrons. The molecule has 1 aromatic rings. The van der Waals surface area contributed by atoms with Gasteiger partial charge in [-0.3, -0.25) is 10.6 Å². The first-order valence-corrected chi connectivity index (χ1v) is 7.81. The molecule has 7 nitrogen and oxygen atoms in total. The molecule has 0 saturated carbocycles. The molecule has 1 amide bonds. The van der Waals surface area contributed by atoms with Crippen molar-refractivity contribution in [2.75, 3.05) is 18.5 Å². The second kappa shape index (κ2) is 7.83. The van der Waals surface area contributed by atoms with Crippen LogP contribution in [0.2, 0.25) is 0 Å². The minimum Gasteiger partial charge on any atom is -0.356 e. The summed E-state index contributed by atoms with van der Waals surface area (Å²) in [6.45, 7) is 2.61. The highest BCUT2D eigenvalue weighted by molar-refractivity contribution is 7.89. The van der Waals surface area contributed by atoms with Gasteiger partial charge in [0.2, 0.25) is 15.9 Å². The van der Waals surface area contributed by atoms with Crippen LogP contribution < -0.4 is 21.3 Å². The number of sulfonamides is 1. The molecule has 20 heavy (non-hydrogen) atoms. The average Bonchev–Trinajstić information content (AvgIpc) is 2.45. The Hall–Kier alpha value is -1.64. The number of hydrogen-bond donors (Lipinski definition) is 4. The Bertz CT molecular complexity index is 528. The molecule has 0 bridgehead atoms. The fraction of sp³-hybridized carbons (Fsp3) is 0.417. The number of carbonyl (C=O) groups is 1. The minimum atomic E-state index is -3.60. The number of hydrazine groups is 1. The van der Waals surface area contributed by atoms with Crippen LogP contribution in [-0.4, -0.2) is 27.4 Å². The van der Waals surface area contributed by atoms with Crippen LogP contribution in [0.25, 0.3) is 0 Å². The van der Waals surface area contributed by atoms with Gasteiger partial charge in [-0.2, -0.15) is 0 Å². The zero-order chi connectivity index (χ0) is 15.0. The number of nitrogens with two attached hydrogens (primary N) is 1. The second-order valence-electron chi connectivity index (χ2n) is 4.17. The molecule has 0 saturated heterocycles. The molecule has 0 aliphatic heterocycles. The lowest BCUT2D eigenvalue weighted by atomic mass is 10.3. The number of benzene rings is 1. The number of anilines is 1. The topological polar surface area (TPSA) is 113 Å². The third kappa shape index (κ3) is 5.16. The third-order valence-electron chi connectivity index (χ3n) is 2.55. The lowest BCUT2D eigenvalue weighted by Gasteiger charge is -2.08. The Kier molecular flexibility index (Phi) is 6.43. The summed E-state index contributed by atoms with van der Waals surface area (Å²) in [7, 11) is -3.60. The predicted octanol–water partition coefficient (Wildman–Crippen LogP) is 0.167. The lowest BCUT2D eigenvalue weighted by molar-refractivity contribution is -0.120. The van der Waals surface area contributed by atoms with E-state index < -0.39 is 10.0 Å². The van der Waals surface area contributed by atoms with Crippen molar-refractivity contribution in [3.8, 4) is 0 Å². The fourth-order valence-electron chi connectivity index (χ4n) is 1.47. The Morgan fingerprint density at radius 1 is 1.20 bits per heavy atom. The summed E-state index contributed by atoms with van der Waals surface area (Å²) in [5.41, 5.74) is 3.03. The number of nitrogens with one attached hydrogen (secondary N) is 3. The van der Waals surface area contributed by atoms with Crippen molar-refractivity contribution in [3.05, 3.63) is 24.3 Å².